The Balaban J connectivity index is 1.91. The van der Waals surface area contributed by atoms with Crippen molar-refractivity contribution in [2.24, 2.45) is 0 Å². The van der Waals surface area contributed by atoms with E-state index in [1.807, 2.05) is 43.3 Å². The lowest BCUT2D eigenvalue weighted by Gasteiger charge is -2.14. The molecule has 0 atom stereocenters. The monoisotopic (exact) mass is 364 g/mol. The zero-order valence-corrected chi connectivity index (χ0v) is 14.9. The van der Waals surface area contributed by atoms with Crippen LogP contribution in [-0.4, -0.2) is 33.9 Å². The van der Waals surface area contributed by atoms with Gasteiger partial charge in [-0.05, 0) is 37.1 Å². The van der Waals surface area contributed by atoms with Gasteiger partial charge in [0.15, 0.2) is 11.5 Å². The quantitative estimate of drug-likeness (QED) is 0.769. The Bertz CT molecular complexity index is 928. The predicted molar refractivity (Wildman–Crippen MR) is 93.4 cm³/mol. The number of fused-ring (bicyclic) bond motifs is 1. The van der Waals surface area contributed by atoms with E-state index in [1.54, 1.807) is 13.8 Å². The second-order valence-electron chi connectivity index (χ2n) is 6.27. The van der Waals surface area contributed by atoms with Crippen molar-refractivity contribution in [1.82, 2.24) is 19.8 Å². The number of anilines is 2. The van der Waals surface area contributed by atoms with Crippen molar-refractivity contribution >= 4 is 17.2 Å². The third-order valence-electron chi connectivity index (χ3n) is 4.26. The molecule has 0 amide bonds. The summed E-state index contributed by atoms with van der Waals surface area (Å²) in [4.78, 5) is 1.99. The standard InChI is InChI=1S/C17H19F3N6/c1-10-11(2)15-22-23-16(17(18,19)20)26(15)24-14(10)21-9-12-5-7-13(8-6-12)25(3)4/h5-8H,9H2,1-4H3,(H,21,24). The van der Waals surface area contributed by atoms with Gasteiger partial charge in [0.1, 0.15) is 0 Å². The number of nitrogens with zero attached hydrogens (tertiary/aromatic N) is 5. The molecule has 0 aliphatic heterocycles. The van der Waals surface area contributed by atoms with Crippen molar-refractivity contribution in [3.63, 3.8) is 0 Å². The molecule has 0 aliphatic rings. The molecule has 0 unspecified atom stereocenters. The van der Waals surface area contributed by atoms with Gasteiger partial charge >= 0.3 is 6.18 Å². The Morgan fingerprint density at radius 1 is 1.04 bits per heavy atom. The molecular formula is C17H19F3N6. The summed E-state index contributed by atoms with van der Waals surface area (Å²) in [6.45, 7) is 3.94. The maximum absolute atomic E-state index is 13.1. The summed E-state index contributed by atoms with van der Waals surface area (Å²) in [6, 6.07) is 7.88. The number of benzene rings is 1. The number of rotatable bonds is 4. The van der Waals surface area contributed by atoms with Crippen molar-refractivity contribution in [3.8, 4) is 0 Å². The number of nitrogens with one attached hydrogen (secondary N) is 1. The van der Waals surface area contributed by atoms with Gasteiger partial charge in [0.2, 0.25) is 0 Å². The highest BCUT2D eigenvalue weighted by atomic mass is 19.4. The van der Waals surface area contributed by atoms with Crippen molar-refractivity contribution in [2.75, 3.05) is 24.3 Å². The van der Waals surface area contributed by atoms with Gasteiger partial charge in [-0.3, -0.25) is 0 Å². The average molecular weight is 364 g/mol. The van der Waals surface area contributed by atoms with Crippen LogP contribution >= 0.6 is 0 Å². The second kappa shape index (κ2) is 6.47. The number of aryl methyl sites for hydroxylation is 1. The average Bonchev–Trinajstić information content (AvgIpc) is 3.01. The van der Waals surface area contributed by atoms with Crippen molar-refractivity contribution in [3.05, 3.63) is 46.8 Å². The fourth-order valence-corrected chi connectivity index (χ4v) is 2.57. The molecule has 0 radical (unpaired) electrons. The van der Waals surface area contributed by atoms with Crippen molar-refractivity contribution < 1.29 is 13.2 Å². The number of hydrogen-bond acceptors (Lipinski definition) is 5. The fraction of sp³-hybridized carbons (Fsp3) is 0.353. The number of halogens is 3. The summed E-state index contributed by atoms with van der Waals surface area (Å²) < 4.78 is 40.0. The maximum Gasteiger partial charge on any atom is 0.453 e. The Morgan fingerprint density at radius 2 is 1.69 bits per heavy atom. The van der Waals surface area contributed by atoms with Crippen LogP contribution < -0.4 is 10.2 Å². The van der Waals surface area contributed by atoms with Gasteiger partial charge < -0.3 is 10.2 Å². The maximum atomic E-state index is 13.1. The van der Waals surface area contributed by atoms with E-state index in [4.69, 9.17) is 0 Å². The van der Waals surface area contributed by atoms with Gasteiger partial charge in [-0.2, -0.15) is 17.7 Å². The number of aromatic nitrogens is 4. The molecule has 0 aliphatic carbocycles. The smallest absolute Gasteiger partial charge is 0.378 e. The van der Waals surface area contributed by atoms with Crippen molar-refractivity contribution in [2.45, 2.75) is 26.6 Å². The van der Waals surface area contributed by atoms with Crippen LogP contribution in [0.25, 0.3) is 5.65 Å². The zero-order chi connectivity index (χ0) is 19.1. The van der Waals surface area contributed by atoms with Gasteiger partial charge in [-0.25, -0.2) is 0 Å². The summed E-state index contributed by atoms with van der Waals surface area (Å²) in [6.07, 6.45) is -4.62. The van der Waals surface area contributed by atoms with E-state index < -0.39 is 12.0 Å². The van der Waals surface area contributed by atoms with Gasteiger partial charge in [-0.15, -0.1) is 15.3 Å². The largest absolute Gasteiger partial charge is 0.453 e. The summed E-state index contributed by atoms with van der Waals surface area (Å²) in [7, 11) is 3.91. The minimum absolute atomic E-state index is 0.107. The van der Waals surface area contributed by atoms with Crippen LogP contribution in [0.5, 0.6) is 0 Å². The third kappa shape index (κ3) is 3.29. The highest BCUT2D eigenvalue weighted by Gasteiger charge is 2.38. The van der Waals surface area contributed by atoms with Gasteiger partial charge in [0.05, 0.1) is 0 Å². The molecule has 1 N–H and O–H groups in total. The summed E-state index contributed by atoms with van der Waals surface area (Å²) in [5.74, 6) is -0.758. The fourth-order valence-electron chi connectivity index (χ4n) is 2.57. The molecular weight excluding hydrogens is 345 g/mol. The molecule has 0 spiro atoms. The van der Waals surface area contributed by atoms with E-state index >= 15 is 0 Å². The summed E-state index contributed by atoms with van der Waals surface area (Å²) >= 11 is 0. The minimum Gasteiger partial charge on any atom is -0.378 e. The second-order valence-corrected chi connectivity index (χ2v) is 6.27. The molecule has 6 nitrogen and oxygen atoms in total. The molecule has 0 fully saturated rings. The lowest BCUT2D eigenvalue weighted by atomic mass is 10.1. The van der Waals surface area contributed by atoms with E-state index in [1.165, 1.54) is 0 Å². The van der Waals surface area contributed by atoms with Gasteiger partial charge in [0.25, 0.3) is 5.82 Å². The third-order valence-corrected chi connectivity index (χ3v) is 4.26. The molecule has 3 rings (SSSR count). The van der Waals surface area contributed by atoms with Crippen LogP contribution in [0.2, 0.25) is 0 Å². The number of alkyl halides is 3. The van der Waals surface area contributed by atoms with E-state index in [0.717, 1.165) is 21.3 Å². The molecule has 0 saturated heterocycles. The molecule has 0 saturated carbocycles. The van der Waals surface area contributed by atoms with Gasteiger partial charge in [0, 0.05) is 31.9 Å². The van der Waals surface area contributed by atoms with Crippen molar-refractivity contribution in [1.29, 1.82) is 0 Å². The van der Waals surface area contributed by atoms with Crippen LogP contribution in [-0.2, 0) is 12.7 Å². The molecule has 2 heterocycles. The van der Waals surface area contributed by atoms with Crippen LogP contribution in [0.4, 0.5) is 24.7 Å². The predicted octanol–water partition coefficient (Wildman–Crippen LogP) is 3.44. The lowest BCUT2D eigenvalue weighted by molar-refractivity contribution is -0.146. The Morgan fingerprint density at radius 3 is 2.27 bits per heavy atom. The minimum atomic E-state index is -4.62. The van der Waals surface area contributed by atoms with E-state index in [9.17, 15) is 13.2 Å². The van der Waals surface area contributed by atoms with Crippen LogP contribution in [0, 0.1) is 13.8 Å². The molecule has 26 heavy (non-hydrogen) atoms. The lowest BCUT2D eigenvalue weighted by Crippen LogP contribution is -2.15. The van der Waals surface area contributed by atoms with E-state index in [0.29, 0.717) is 17.9 Å². The van der Waals surface area contributed by atoms with Crippen LogP contribution in [0.15, 0.2) is 24.3 Å². The number of hydrogen-bond donors (Lipinski definition) is 1. The van der Waals surface area contributed by atoms with Gasteiger partial charge in [-0.1, -0.05) is 12.1 Å². The highest BCUT2D eigenvalue weighted by molar-refractivity contribution is 5.58. The first-order chi connectivity index (χ1) is 12.2. The zero-order valence-electron chi connectivity index (χ0n) is 14.9. The Kier molecular flexibility index (Phi) is 4.47. The van der Waals surface area contributed by atoms with Crippen LogP contribution in [0.3, 0.4) is 0 Å². The molecule has 0 bridgehead atoms. The summed E-state index contributed by atoms with van der Waals surface area (Å²) in [5.41, 5.74) is 3.52. The summed E-state index contributed by atoms with van der Waals surface area (Å²) in [5, 5.41) is 14.1. The molecule has 3 aromatic rings. The molecule has 2 aromatic heterocycles. The highest BCUT2D eigenvalue weighted by Crippen LogP contribution is 2.29. The van der Waals surface area contributed by atoms with Crippen LogP contribution in [0.1, 0.15) is 22.5 Å². The SMILES string of the molecule is Cc1c(NCc2ccc(N(C)C)cc2)nn2c(C(F)(F)F)nnc2c1C. The Labute approximate surface area is 148 Å². The van der Waals surface area contributed by atoms with E-state index in [2.05, 4.69) is 20.6 Å². The molecule has 9 heteroatoms. The topological polar surface area (TPSA) is 58.4 Å². The first-order valence-electron chi connectivity index (χ1n) is 7.98. The van der Waals surface area contributed by atoms with E-state index in [-0.39, 0.29) is 5.65 Å². The normalized spacial score (nSPS) is 11.8. The Hall–Kier alpha value is -2.84. The molecule has 138 valence electrons. The molecule has 1 aromatic carbocycles. The first-order valence-corrected chi connectivity index (χ1v) is 7.98. The first kappa shape index (κ1) is 18.0.